The molecule has 0 amide bonds. The zero-order valence-electron chi connectivity index (χ0n) is 15.6. The molecular formula is C24H17ClO4. The fraction of sp³-hybridized carbons (Fsp3) is 0.0833. The van der Waals surface area contributed by atoms with E-state index in [1.165, 1.54) is 6.07 Å². The molecule has 3 aromatic carbocycles. The van der Waals surface area contributed by atoms with Gasteiger partial charge in [-0.15, -0.1) is 0 Å². The van der Waals surface area contributed by atoms with Crippen molar-refractivity contribution in [1.82, 2.24) is 0 Å². The molecule has 1 atom stereocenters. The number of hydrogen-bond acceptors (Lipinski definition) is 4. The normalized spacial score (nSPS) is 11.9. The van der Waals surface area contributed by atoms with E-state index < -0.39 is 11.7 Å². The highest BCUT2D eigenvalue weighted by molar-refractivity contribution is 6.33. The average molecular weight is 405 g/mol. The lowest BCUT2D eigenvalue weighted by molar-refractivity contribution is 0.0818. The van der Waals surface area contributed by atoms with Crippen molar-refractivity contribution in [2.45, 2.75) is 13.0 Å². The van der Waals surface area contributed by atoms with Crippen LogP contribution in [0.3, 0.4) is 0 Å². The van der Waals surface area contributed by atoms with Crippen LogP contribution in [0.5, 0.6) is 5.75 Å². The Kier molecular flexibility index (Phi) is 5.19. The van der Waals surface area contributed by atoms with E-state index in [-0.39, 0.29) is 11.5 Å². The average Bonchev–Trinajstić information content (AvgIpc) is 2.75. The molecule has 29 heavy (non-hydrogen) atoms. The number of benzene rings is 3. The lowest BCUT2D eigenvalue weighted by Crippen LogP contribution is -2.24. The molecule has 0 aliphatic carbocycles. The predicted molar refractivity (Wildman–Crippen MR) is 114 cm³/mol. The molecule has 0 bridgehead atoms. The topological polar surface area (TPSA) is 56.5 Å². The van der Waals surface area contributed by atoms with Crippen LogP contribution in [-0.4, -0.2) is 11.9 Å². The molecule has 0 saturated carbocycles. The minimum Gasteiger partial charge on any atom is -0.481 e. The Morgan fingerprint density at radius 2 is 1.62 bits per heavy atom. The fourth-order valence-electron chi connectivity index (χ4n) is 3.19. The highest BCUT2D eigenvalue weighted by atomic mass is 35.5. The van der Waals surface area contributed by atoms with Crippen molar-refractivity contribution in [3.63, 3.8) is 0 Å². The number of hydrogen-bond donors (Lipinski definition) is 0. The van der Waals surface area contributed by atoms with E-state index >= 15 is 0 Å². The summed E-state index contributed by atoms with van der Waals surface area (Å²) in [4.78, 5) is 24.7. The first-order valence-corrected chi connectivity index (χ1v) is 9.49. The molecule has 4 rings (SSSR count). The molecule has 4 nitrogen and oxygen atoms in total. The first kappa shape index (κ1) is 19.0. The Morgan fingerprint density at radius 3 is 2.31 bits per heavy atom. The minimum atomic E-state index is -0.753. The van der Waals surface area contributed by atoms with Crippen molar-refractivity contribution >= 4 is 28.4 Å². The van der Waals surface area contributed by atoms with E-state index in [4.69, 9.17) is 20.8 Å². The van der Waals surface area contributed by atoms with Gasteiger partial charge in [-0.05, 0) is 24.1 Å². The van der Waals surface area contributed by atoms with Gasteiger partial charge >= 0.3 is 5.63 Å². The number of carbonyl (C=O) groups is 1. The summed E-state index contributed by atoms with van der Waals surface area (Å²) in [6, 6.07) is 23.1. The Balaban J connectivity index is 1.73. The van der Waals surface area contributed by atoms with Crippen LogP contribution < -0.4 is 10.4 Å². The van der Waals surface area contributed by atoms with Gasteiger partial charge in [-0.3, -0.25) is 4.79 Å². The van der Waals surface area contributed by atoms with Gasteiger partial charge in [0.25, 0.3) is 0 Å². The van der Waals surface area contributed by atoms with Gasteiger partial charge in [0, 0.05) is 23.1 Å². The molecule has 0 radical (unpaired) electrons. The smallest absolute Gasteiger partial charge is 0.336 e. The number of Topliss-reactive ketones (excluding diaryl/α,β-unsaturated/α-hetero) is 1. The molecule has 4 aromatic rings. The SMILES string of the molecule is C[C@H](Oc1cc2oc(=O)cc(-c3ccccc3)c2cc1Cl)C(=O)c1ccccc1. The van der Waals surface area contributed by atoms with E-state index in [2.05, 4.69) is 0 Å². The van der Waals surface area contributed by atoms with Crippen molar-refractivity contribution in [1.29, 1.82) is 0 Å². The molecule has 5 heteroatoms. The second-order valence-electron chi connectivity index (χ2n) is 6.61. The minimum absolute atomic E-state index is 0.166. The van der Waals surface area contributed by atoms with Gasteiger partial charge in [-0.2, -0.15) is 0 Å². The van der Waals surface area contributed by atoms with Crippen LogP contribution in [0.25, 0.3) is 22.1 Å². The number of rotatable bonds is 5. The van der Waals surface area contributed by atoms with E-state index in [9.17, 15) is 9.59 Å². The fourth-order valence-corrected chi connectivity index (χ4v) is 3.40. The predicted octanol–water partition coefficient (Wildman–Crippen LogP) is 5.76. The summed E-state index contributed by atoms with van der Waals surface area (Å²) in [5.41, 5.74) is 2.02. The van der Waals surface area contributed by atoms with Gasteiger partial charge in [-0.1, -0.05) is 72.3 Å². The standard InChI is InChI=1S/C24H17ClO4/c1-15(24(27)17-10-6-3-7-11-17)28-22-14-21-19(12-20(22)25)18(13-23(26)29-21)16-8-4-2-5-9-16/h2-15H,1H3/t15-/m0/s1. The lowest BCUT2D eigenvalue weighted by atomic mass is 10.0. The molecule has 1 aromatic heterocycles. The molecule has 0 aliphatic heterocycles. The zero-order chi connectivity index (χ0) is 20.4. The Bertz CT molecular complexity index is 1230. The molecule has 144 valence electrons. The van der Waals surface area contributed by atoms with Crippen molar-refractivity contribution in [2.24, 2.45) is 0 Å². The zero-order valence-corrected chi connectivity index (χ0v) is 16.3. The van der Waals surface area contributed by atoms with E-state index in [1.54, 1.807) is 43.3 Å². The van der Waals surface area contributed by atoms with Crippen LogP contribution in [0.4, 0.5) is 0 Å². The van der Waals surface area contributed by atoms with Gasteiger partial charge in [-0.25, -0.2) is 4.79 Å². The summed E-state index contributed by atoms with van der Waals surface area (Å²) in [5, 5.41) is 1.02. The molecule has 0 fully saturated rings. The van der Waals surface area contributed by atoms with Crippen LogP contribution in [-0.2, 0) is 0 Å². The van der Waals surface area contributed by atoms with Crippen LogP contribution in [0.15, 0.2) is 88.1 Å². The van der Waals surface area contributed by atoms with Crippen molar-refractivity contribution in [2.75, 3.05) is 0 Å². The van der Waals surface area contributed by atoms with Crippen LogP contribution in [0.1, 0.15) is 17.3 Å². The summed E-state index contributed by atoms with van der Waals surface area (Å²) in [7, 11) is 0. The van der Waals surface area contributed by atoms with Gasteiger partial charge in [0.05, 0.1) is 5.02 Å². The van der Waals surface area contributed by atoms with Crippen LogP contribution in [0, 0.1) is 0 Å². The monoisotopic (exact) mass is 404 g/mol. The second-order valence-corrected chi connectivity index (χ2v) is 7.02. The summed E-state index contributed by atoms with van der Waals surface area (Å²) in [6.45, 7) is 1.66. The highest BCUT2D eigenvalue weighted by Gasteiger charge is 2.19. The maximum Gasteiger partial charge on any atom is 0.336 e. The first-order chi connectivity index (χ1) is 14.0. The maximum absolute atomic E-state index is 12.6. The quantitative estimate of drug-likeness (QED) is 0.313. The van der Waals surface area contributed by atoms with E-state index in [1.807, 2.05) is 36.4 Å². The second kappa shape index (κ2) is 7.94. The van der Waals surface area contributed by atoms with Gasteiger partial charge in [0.15, 0.2) is 6.10 Å². The summed E-state index contributed by atoms with van der Waals surface area (Å²) in [5.74, 6) is 0.116. The molecule has 0 N–H and O–H groups in total. The Hall–Kier alpha value is -3.37. The number of fused-ring (bicyclic) bond motifs is 1. The number of halogens is 1. The third-order valence-corrected chi connectivity index (χ3v) is 4.91. The molecule has 0 unspecified atom stereocenters. The Labute approximate surface area is 172 Å². The van der Waals surface area contributed by atoms with Gasteiger partial charge < -0.3 is 9.15 Å². The largest absolute Gasteiger partial charge is 0.481 e. The van der Waals surface area contributed by atoms with E-state index in [0.29, 0.717) is 21.6 Å². The number of ether oxygens (including phenoxy) is 1. The van der Waals surface area contributed by atoms with Gasteiger partial charge in [0.1, 0.15) is 11.3 Å². The highest BCUT2D eigenvalue weighted by Crippen LogP contribution is 2.35. The Morgan fingerprint density at radius 1 is 0.966 bits per heavy atom. The maximum atomic E-state index is 12.6. The third-order valence-electron chi connectivity index (χ3n) is 4.61. The first-order valence-electron chi connectivity index (χ1n) is 9.11. The van der Waals surface area contributed by atoms with Crippen molar-refractivity contribution in [3.8, 4) is 16.9 Å². The molecule has 0 aliphatic rings. The molecule has 0 saturated heterocycles. The summed E-state index contributed by atoms with van der Waals surface area (Å²) in [6.07, 6.45) is -0.753. The molecule has 1 heterocycles. The summed E-state index contributed by atoms with van der Waals surface area (Å²) >= 11 is 6.44. The molecular weight excluding hydrogens is 388 g/mol. The molecule has 0 spiro atoms. The van der Waals surface area contributed by atoms with Crippen molar-refractivity contribution < 1.29 is 13.9 Å². The van der Waals surface area contributed by atoms with E-state index in [0.717, 1.165) is 11.1 Å². The summed E-state index contributed by atoms with van der Waals surface area (Å²) < 4.78 is 11.2. The van der Waals surface area contributed by atoms with Crippen molar-refractivity contribution in [3.05, 3.63) is 99.9 Å². The number of ketones is 1. The van der Waals surface area contributed by atoms with Gasteiger partial charge in [0.2, 0.25) is 5.78 Å². The van der Waals surface area contributed by atoms with Crippen LogP contribution in [0.2, 0.25) is 5.02 Å². The lowest BCUT2D eigenvalue weighted by Gasteiger charge is -2.16. The van der Waals surface area contributed by atoms with Crippen LogP contribution >= 0.6 is 11.6 Å². The number of carbonyl (C=O) groups excluding carboxylic acids is 1. The third kappa shape index (κ3) is 3.93.